The number of esters is 1. The number of rotatable bonds is 9. The summed E-state index contributed by atoms with van der Waals surface area (Å²) in [6.45, 7) is 12.8. The van der Waals surface area contributed by atoms with Gasteiger partial charge in [-0.3, -0.25) is 0 Å². The number of carbonyl (C=O) groups is 1. The fourth-order valence-corrected chi connectivity index (χ4v) is 9.28. The summed E-state index contributed by atoms with van der Waals surface area (Å²) in [6, 6.07) is 0. The molecule has 5 aliphatic heterocycles. The maximum absolute atomic E-state index is 12.9. The maximum atomic E-state index is 12.9. The third kappa shape index (κ3) is 5.59. The average molecular weight is 565 g/mol. The van der Waals surface area contributed by atoms with Crippen LogP contribution in [0.15, 0.2) is 58.7 Å². The Morgan fingerprint density at radius 2 is 1.83 bits per heavy atom. The Hall–Kier alpha value is -1.95. The maximum Gasteiger partial charge on any atom is 0.330 e. The minimum absolute atomic E-state index is 0.000229. The van der Waals surface area contributed by atoms with E-state index in [9.17, 15) is 15.0 Å². The molecular formula is C36H52O5. The van der Waals surface area contributed by atoms with E-state index in [-0.39, 0.29) is 30.0 Å². The molecule has 0 aromatic carbocycles. The zero-order valence-electron chi connectivity index (χ0n) is 26.1. The van der Waals surface area contributed by atoms with Gasteiger partial charge in [-0.15, -0.1) is 0 Å². The van der Waals surface area contributed by atoms with Gasteiger partial charge in [0, 0.05) is 22.8 Å². The summed E-state index contributed by atoms with van der Waals surface area (Å²) in [6.07, 6.45) is 19.2. The number of aliphatic hydroxyl groups is 2. The van der Waals surface area contributed by atoms with Crippen molar-refractivity contribution in [1.29, 1.82) is 0 Å². The van der Waals surface area contributed by atoms with Gasteiger partial charge >= 0.3 is 5.97 Å². The van der Waals surface area contributed by atoms with E-state index < -0.39 is 23.2 Å². The van der Waals surface area contributed by atoms with E-state index in [1.807, 2.05) is 6.92 Å². The summed E-state index contributed by atoms with van der Waals surface area (Å²) in [4.78, 5) is 12.9. The van der Waals surface area contributed by atoms with Crippen LogP contribution in [-0.2, 0) is 14.3 Å². The Kier molecular flexibility index (Phi) is 8.64. The van der Waals surface area contributed by atoms with Crippen molar-refractivity contribution in [2.24, 2.45) is 28.6 Å². The molecule has 5 heteroatoms. The summed E-state index contributed by atoms with van der Waals surface area (Å²) in [5, 5.41) is 24.1. The van der Waals surface area contributed by atoms with Crippen LogP contribution in [0.25, 0.3) is 0 Å². The molecule has 226 valence electrons. The molecule has 0 aromatic rings. The summed E-state index contributed by atoms with van der Waals surface area (Å²) < 4.78 is 12.5. The monoisotopic (exact) mass is 564 g/mol. The first-order chi connectivity index (χ1) is 19.4. The van der Waals surface area contributed by atoms with Crippen LogP contribution >= 0.6 is 0 Å². The molecule has 41 heavy (non-hydrogen) atoms. The first-order valence-electron chi connectivity index (χ1n) is 16.0. The lowest BCUT2D eigenvalue weighted by atomic mass is 9.46. The van der Waals surface area contributed by atoms with Gasteiger partial charge in [-0.25, -0.2) is 4.79 Å². The second kappa shape index (κ2) is 11.6. The van der Waals surface area contributed by atoms with Crippen LogP contribution in [0.1, 0.15) is 99.3 Å². The molecule has 0 aromatic heterocycles. The normalized spacial score (nSPS) is 41.3. The standard InChI is InChI=1S/C36H52O5/c1-23(2)9-7-10-24(3)11-8-12-25(4)19-32(38)40-22-31-36(39)18-16-29-28-14-13-26-20-27(41-31)15-17-34(26,5)33(28)30(37)21-35(29,36)6/h9,11,15,17,19-20,27-31,33,37,39H,7-8,10,12-14,16,18,21-22H2,1-6H3/b24-11+,25-19+/t27?,28-,29-,30?,31?,33+,34-,35-,36-/m0/s1. The van der Waals surface area contributed by atoms with Crippen LogP contribution in [0.3, 0.4) is 0 Å². The number of hydrogen-bond acceptors (Lipinski definition) is 5. The molecule has 3 saturated carbocycles. The summed E-state index contributed by atoms with van der Waals surface area (Å²) in [5.41, 5.74) is 3.21. The third-order valence-electron chi connectivity index (χ3n) is 11.5. The molecule has 5 nitrogen and oxygen atoms in total. The van der Waals surface area contributed by atoms with E-state index in [4.69, 9.17) is 9.47 Å². The molecule has 9 atom stereocenters. The number of allylic oxidation sites excluding steroid dienone is 7. The van der Waals surface area contributed by atoms with Crippen molar-refractivity contribution in [2.45, 2.75) is 123 Å². The van der Waals surface area contributed by atoms with E-state index in [2.05, 4.69) is 65.0 Å². The van der Waals surface area contributed by atoms with Crippen LogP contribution in [0.4, 0.5) is 0 Å². The Balaban J connectivity index is 1.29. The molecule has 4 aliphatic carbocycles. The van der Waals surface area contributed by atoms with Gasteiger partial charge in [0.1, 0.15) is 12.7 Å². The molecule has 3 unspecified atom stereocenters. The van der Waals surface area contributed by atoms with Gasteiger partial charge in [0.15, 0.2) is 0 Å². The number of carbonyl (C=O) groups excluding carboxylic acids is 1. The largest absolute Gasteiger partial charge is 0.460 e. The fourth-order valence-electron chi connectivity index (χ4n) is 9.28. The average Bonchev–Trinajstić information content (AvgIpc) is 3.15. The van der Waals surface area contributed by atoms with Crippen molar-refractivity contribution >= 4 is 5.97 Å². The van der Waals surface area contributed by atoms with Gasteiger partial charge < -0.3 is 19.7 Å². The molecule has 0 radical (unpaired) electrons. The Labute approximate surface area is 247 Å². The lowest BCUT2D eigenvalue weighted by Gasteiger charge is -2.59. The Morgan fingerprint density at radius 3 is 2.59 bits per heavy atom. The molecule has 8 bridgehead atoms. The second-order valence-electron chi connectivity index (χ2n) is 14.4. The fraction of sp³-hybridized carbons (Fsp3) is 0.694. The minimum Gasteiger partial charge on any atom is -0.460 e. The highest BCUT2D eigenvalue weighted by atomic mass is 16.6. The lowest BCUT2D eigenvalue weighted by Crippen LogP contribution is -2.62. The van der Waals surface area contributed by atoms with Gasteiger partial charge in [0.25, 0.3) is 0 Å². The van der Waals surface area contributed by atoms with Gasteiger partial charge in [-0.05, 0) is 97.3 Å². The predicted molar refractivity (Wildman–Crippen MR) is 163 cm³/mol. The van der Waals surface area contributed by atoms with Crippen molar-refractivity contribution in [2.75, 3.05) is 6.61 Å². The van der Waals surface area contributed by atoms with Crippen LogP contribution < -0.4 is 0 Å². The van der Waals surface area contributed by atoms with Crippen LogP contribution in [0.5, 0.6) is 0 Å². The predicted octanol–water partition coefficient (Wildman–Crippen LogP) is 7.16. The highest BCUT2D eigenvalue weighted by Gasteiger charge is 2.68. The van der Waals surface area contributed by atoms with Crippen LogP contribution in [-0.4, -0.2) is 46.7 Å². The first-order valence-corrected chi connectivity index (χ1v) is 16.0. The SMILES string of the molecule is CC(C)=CCC/C(C)=C/CC/C(C)=C/C(=O)OCC1OC2C=C[C@@]3(C)C(=C2)CC[C@@H]2[C@@H]3C(O)C[C@@]3(C)[C@H]2CC[C@]13O. The van der Waals surface area contributed by atoms with Crippen molar-refractivity contribution in [3.05, 3.63) is 58.7 Å². The van der Waals surface area contributed by atoms with E-state index in [0.717, 1.165) is 50.5 Å². The van der Waals surface area contributed by atoms with Gasteiger partial charge in [0.2, 0.25) is 0 Å². The Morgan fingerprint density at radius 1 is 1.10 bits per heavy atom. The van der Waals surface area contributed by atoms with Crippen molar-refractivity contribution in [3.8, 4) is 0 Å². The molecular weight excluding hydrogens is 512 g/mol. The van der Waals surface area contributed by atoms with E-state index in [0.29, 0.717) is 24.7 Å². The molecule has 0 spiro atoms. The van der Waals surface area contributed by atoms with E-state index in [1.165, 1.54) is 16.7 Å². The zero-order valence-corrected chi connectivity index (χ0v) is 26.1. The highest BCUT2D eigenvalue weighted by Crippen LogP contribution is 2.68. The molecule has 2 N–H and O–H groups in total. The van der Waals surface area contributed by atoms with Gasteiger partial charge in [-0.2, -0.15) is 0 Å². The molecule has 0 saturated heterocycles. The number of aliphatic hydroxyl groups excluding tert-OH is 1. The summed E-state index contributed by atoms with van der Waals surface area (Å²) in [5.74, 6) is 0.450. The number of ether oxygens (including phenoxy) is 2. The van der Waals surface area contributed by atoms with Gasteiger partial charge in [0.05, 0.1) is 17.8 Å². The molecule has 5 heterocycles. The number of fused-ring (bicyclic) bond motifs is 1. The smallest absolute Gasteiger partial charge is 0.330 e. The second-order valence-corrected chi connectivity index (χ2v) is 14.4. The third-order valence-corrected chi connectivity index (χ3v) is 11.5. The van der Waals surface area contributed by atoms with Crippen molar-refractivity contribution in [3.63, 3.8) is 0 Å². The highest BCUT2D eigenvalue weighted by molar-refractivity contribution is 5.82. The summed E-state index contributed by atoms with van der Waals surface area (Å²) >= 11 is 0. The van der Waals surface area contributed by atoms with Crippen molar-refractivity contribution < 1.29 is 24.5 Å². The van der Waals surface area contributed by atoms with E-state index >= 15 is 0 Å². The Bertz CT molecular complexity index is 1170. The van der Waals surface area contributed by atoms with E-state index in [1.54, 1.807) is 6.08 Å². The van der Waals surface area contributed by atoms with Crippen LogP contribution in [0.2, 0.25) is 0 Å². The molecule has 0 amide bonds. The van der Waals surface area contributed by atoms with Crippen molar-refractivity contribution in [1.82, 2.24) is 0 Å². The summed E-state index contributed by atoms with van der Waals surface area (Å²) in [7, 11) is 0. The zero-order chi connectivity index (χ0) is 29.6. The topological polar surface area (TPSA) is 76.0 Å². The first kappa shape index (κ1) is 30.5. The molecule has 9 rings (SSSR count). The quantitative estimate of drug-likeness (QED) is 0.177. The minimum atomic E-state index is -1.18. The van der Waals surface area contributed by atoms with Gasteiger partial charge in [-0.1, -0.05) is 66.5 Å². The molecule has 9 aliphatic rings. The number of hydrogen-bond donors (Lipinski definition) is 2. The molecule has 3 fully saturated rings. The lowest BCUT2D eigenvalue weighted by molar-refractivity contribution is -0.217. The van der Waals surface area contributed by atoms with Crippen LogP contribution in [0, 0.1) is 28.6 Å².